The van der Waals surface area contributed by atoms with Crippen LogP contribution in [-0.2, 0) is 19.1 Å². The highest BCUT2D eigenvalue weighted by molar-refractivity contribution is 5.76. The smallest absolute Gasteiger partial charge is 0.305 e. The molecule has 0 aliphatic rings. The normalized spacial score (nSPS) is 12.2. The molecule has 0 aromatic rings. The van der Waals surface area contributed by atoms with Crippen LogP contribution < -0.4 is 0 Å². The van der Waals surface area contributed by atoms with Gasteiger partial charge >= 0.3 is 5.97 Å². The molecule has 69 heavy (non-hydrogen) atoms. The molecule has 0 aliphatic carbocycles. The second kappa shape index (κ2) is 58.9. The Hall–Kier alpha value is -1.66. The monoisotopic (exact) mass is 972 g/mol. The summed E-state index contributed by atoms with van der Waals surface area (Å²) in [6.45, 7) is 8.42. The van der Waals surface area contributed by atoms with Crippen LogP contribution in [0.4, 0.5) is 0 Å². The Labute approximate surface area is 431 Å². The maximum Gasteiger partial charge on any atom is 0.305 e. The largest absolute Gasteiger partial charge is 0.464 e. The lowest BCUT2D eigenvalue weighted by molar-refractivity contribution is -0.146. The number of allylic oxidation sites excluding steroid dienone is 4. The maximum atomic E-state index is 13.4. The van der Waals surface area contributed by atoms with Crippen molar-refractivity contribution in [1.82, 2.24) is 4.90 Å². The third-order valence-electron chi connectivity index (χ3n) is 14.2. The number of amides is 1. The minimum absolute atomic E-state index is 0.0450. The van der Waals surface area contributed by atoms with Crippen molar-refractivity contribution in [1.29, 1.82) is 0 Å². The van der Waals surface area contributed by atoms with Gasteiger partial charge in [-0.05, 0) is 51.4 Å². The predicted molar refractivity (Wildman–Crippen MR) is 301 cm³/mol. The molecule has 1 amide bonds. The molecule has 0 fully saturated rings. The highest BCUT2D eigenvalue weighted by atomic mass is 16.5. The summed E-state index contributed by atoms with van der Waals surface area (Å²) in [5, 5.41) is 10.9. The highest BCUT2D eigenvalue weighted by Gasteiger charge is 2.18. The van der Waals surface area contributed by atoms with Crippen molar-refractivity contribution < 1.29 is 24.2 Å². The molecule has 1 N–H and O–H groups in total. The van der Waals surface area contributed by atoms with E-state index in [1.807, 2.05) is 0 Å². The van der Waals surface area contributed by atoms with E-state index in [4.69, 9.17) is 9.47 Å². The molecule has 0 bridgehead atoms. The topological polar surface area (TPSA) is 76.1 Å². The van der Waals surface area contributed by atoms with Gasteiger partial charge in [-0.1, -0.05) is 289 Å². The molecule has 0 saturated heterocycles. The van der Waals surface area contributed by atoms with Gasteiger partial charge in [0.1, 0.15) is 6.61 Å². The van der Waals surface area contributed by atoms with Gasteiger partial charge in [0, 0.05) is 26.0 Å². The second-order valence-corrected chi connectivity index (χ2v) is 21.2. The van der Waals surface area contributed by atoms with Crippen LogP contribution in [0.2, 0.25) is 0 Å². The third-order valence-corrected chi connectivity index (χ3v) is 14.2. The number of esters is 1. The summed E-state index contributed by atoms with van der Waals surface area (Å²) >= 11 is 0. The first-order chi connectivity index (χ1) is 34.0. The van der Waals surface area contributed by atoms with E-state index in [0.29, 0.717) is 26.0 Å². The van der Waals surface area contributed by atoms with E-state index in [0.717, 1.165) is 51.4 Å². The van der Waals surface area contributed by atoms with E-state index in [1.165, 1.54) is 244 Å². The Bertz CT molecular complexity index is 1080. The minimum Gasteiger partial charge on any atom is -0.464 e. The Morgan fingerprint density at radius 3 is 1.16 bits per heavy atom. The summed E-state index contributed by atoms with van der Waals surface area (Å²) in [6, 6.07) is 0. The molecule has 1 unspecified atom stereocenters. The molecule has 0 saturated carbocycles. The molecule has 0 heterocycles. The van der Waals surface area contributed by atoms with E-state index in [9.17, 15) is 14.7 Å². The number of unbranched alkanes of at least 4 members (excludes halogenated alkanes) is 41. The zero-order chi connectivity index (χ0) is 50.0. The van der Waals surface area contributed by atoms with E-state index in [1.54, 1.807) is 4.90 Å². The van der Waals surface area contributed by atoms with Crippen LogP contribution in [0.1, 0.15) is 329 Å². The zero-order valence-electron chi connectivity index (χ0n) is 46.9. The van der Waals surface area contributed by atoms with Crippen molar-refractivity contribution >= 4 is 11.9 Å². The summed E-state index contributed by atoms with van der Waals surface area (Å²) in [5.41, 5.74) is 0. The molecule has 0 aromatic heterocycles. The first-order valence-corrected chi connectivity index (χ1v) is 31.0. The van der Waals surface area contributed by atoms with Crippen LogP contribution in [0.25, 0.3) is 0 Å². The molecule has 6 nitrogen and oxygen atoms in total. The number of rotatable bonds is 58. The van der Waals surface area contributed by atoms with Crippen LogP contribution in [0.3, 0.4) is 0 Å². The molecule has 6 heteroatoms. The standard InChI is InChI=1S/C63H121NO5/c1-4-7-10-13-16-19-22-25-28-30-31-32-34-36-39-42-45-48-51-54-62(66)64(56-58-69-63(67)55-52-49-46-43-40-37-33-27-24-21-18-15-12-9-6-3)59-61(65)60-68-57-53-50-47-44-41-38-35-29-26-23-20-17-14-11-8-5-2/h18,21,27,33,61,65H,4-17,19-20,22-26,28-32,34-60H2,1-3H3/b21-18+,33-27+. The van der Waals surface area contributed by atoms with Crippen molar-refractivity contribution in [2.45, 2.75) is 335 Å². The van der Waals surface area contributed by atoms with Crippen LogP contribution in [0.15, 0.2) is 24.3 Å². The van der Waals surface area contributed by atoms with E-state index in [-0.39, 0.29) is 31.6 Å². The Morgan fingerprint density at radius 2 is 0.739 bits per heavy atom. The van der Waals surface area contributed by atoms with Gasteiger partial charge in [-0.15, -0.1) is 0 Å². The molecule has 1 atom stereocenters. The average molecular weight is 973 g/mol. The minimum atomic E-state index is -0.747. The van der Waals surface area contributed by atoms with Gasteiger partial charge in [-0.25, -0.2) is 0 Å². The van der Waals surface area contributed by atoms with Gasteiger partial charge in [0.15, 0.2) is 0 Å². The summed E-state index contributed by atoms with van der Waals surface area (Å²) in [5.74, 6) is -0.141. The highest BCUT2D eigenvalue weighted by Crippen LogP contribution is 2.17. The van der Waals surface area contributed by atoms with Crippen LogP contribution in [-0.4, -0.2) is 60.9 Å². The molecule has 0 radical (unpaired) electrons. The number of aliphatic hydroxyl groups is 1. The van der Waals surface area contributed by atoms with Crippen molar-refractivity contribution in [2.24, 2.45) is 0 Å². The lowest BCUT2D eigenvalue weighted by Gasteiger charge is -2.25. The summed E-state index contributed by atoms with van der Waals surface area (Å²) in [4.78, 5) is 27.7. The quantitative estimate of drug-likeness (QED) is 0.0373. The zero-order valence-corrected chi connectivity index (χ0v) is 46.9. The van der Waals surface area contributed by atoms with Crippen LogP contribution in [0, 0.1) is 0 Å². The third kappa shape index (κ3) is 55.5. The van der Waals surface area contributed by atoms with E-state index < -0.39 is 6.10 Å². The van der Waals surface area contributed by atoms with E-state index >= 15 is 0 Å². The van der Waals surface area contributed by atoms with Gasteiger partial charge in [-0.2, -0.15) is 0 Å². The number of hydrogen-bond donors (Lipinski definition) is 1. The molecule has 0 spiro atoms. The van der Waals surface area contributed by atoms with Crippen molar-refractivity contribution in [3.63, 3.8) is 0 Å². The Kier molecular flexibility index (Phi) is 57.5. The SMILES string of the molecule is CCCCC/C=C/C/C=C/CCCCCCCC(=O)OCCN(CC(O)COCCCCCCCCCCCCCCCCCC)C(=O)CCCCCCCCCCCCCCCCCCCCC. The Morgan fingerprint density at radius 1 is 0.406 bits per heavy atom. The first kappa shape index (κ1) is 67.3. The van der Waals surface area contributed by atoms with Gasteiger partial charge in [0.25, 0.3) is 0 Å². The van der Waals surface area contributed by atoms with Gasteiger partial charge in [0.2, 0.25) is 5.91 Å². The molecule has 0 aliphatic heterocycles. The van der Waals surface area contributed by atoms with Crippen molar-refractivity contribution in [2.75, 3.05) is 32.9 Å². The van der Waals surface area contributed by atoms with Gasteiger partial charge in [0.05, 0.1) is 19.3 Å². The molecule has 408 valence electrons. The van der Waals surface area contributed by atoms with Gasteiger partial charge in [-0.3, -0.25) is 9.59 Å². The van der Waals surface area contributed by atoms with Crippen molar-refractivity contribution in [3.05, 3.63) is 24.3 Å². The molecular weight excluding hydrogens is 851 g/mol. The number of nitrogens with zero attached hydrogens (tertiary/aromatic N) is 1. The fourth-order valence-electron chi connectivity index (χ4n) is 9.53. The number of carbonyl (C=O) groups excluding carboxylic acids is 2. The fraction of sp³-hybridized carbons (Fsp3) is 0.905. The predicted octanol–water partition coefficient (Wildman–Crippen LogP) is 19.6. The number of ether oxygens (including phenoxy) is 2. The number of carbonyl (C=O) groups is 2. The Balaban J connectivity index is 4.33. The molecular formula is C63H121NO5. The second-order valence-electron chi connectivity index (χ2n) is 21.2. The first-order valence-electron chi connectivity index (χ1n) is 31.0. The molecule has 0 rings (SSSR count). The summed E-state index contributed by atoms with van der Waals surface area (Å²) in [6.07, 6.45) is 68.7. The van der Waals surface area contributed by atoms with Crippen LogP contribution in [0.5, 0.6) is 0 Å². The summed E-state index contributed by atoms with van der Waals surface area (Å²) in [7, 11) is 0. The number of hydrogen-bond acceptors (Lipinski definition) is 5. The lowest BCUT2D eigenvalue weighted by Crippen LogP contribution is -2.41. The fourth-order valence-corrected chi connectivity index (χ4v) is 9.53. The molecule has 0 aromatic carbocycles. The van der Waals surface area contributed by atoms with E-state index in [2.05, 4.69) is 45.1 Å². The maximum absolute atomic E-state index is 13.4. The average Bonchev–Trinajstić information content (AvgIpc) is 3.35. The van der Waals surface area contributed by atoms with Crippen LogP contribution >= 0.6 is 0 Å². The summed E-state index contributed by atoms with van der Waals surface area (Å²) < 4.78 is 11.5. The number of aliphatic hydroxyl groups excluding tert-OH is 1. The van der Waals surface area contributed by atoms with Gasteiger partial charge < -0.3 is 19.5 Å². The van der Waals surface area contributed by atoms with Crippen molar-refractivity contribution in [3.8, 4) is 0 Å². The lowest BCUT2D eigenvalue weighted by atomic mass is 10.0.